The van der Waals surface area contributed by atoms with Crippen molar-refractivity contribution >= 4 is 21.6 Å². The summed E-state index contributed by atoms with van der Waals surface area (Å²) in [5, 5.41) is 0. The first-order valence-corrected chi connectivity index (χ1v) is 7.53. The molecule has 0 saturated carbocycles. The van der Waals surface area contributed by atoms with Gasteiger partial charge < -0.3 is 16.2 Å². The van der Waals surface area contributed by atoms with E-state index in [1.165, 1.54) is 6.07 Å². The van der Waals surface area contributed by atoms with Crippen LogP contribution >= 0.6 is 0 Å². The molecule has 1 aromatic rings. The number of hydrogen-bond donors (Lipinski definition) is 2. The number of aryl methyl sites for hydroxylation is 1. The molecule has 2 rings (SSSR count). The van der Waals surface area contributed by atoms with E-state index in [-0.39, 0.29) is 24.7 Å². The second-order valence-electron chi connectivity index (χ2n) is 4.63. The summed E-state index contributed by atoms with van der Waals surface area (Å²) < 4.78 is 31.6. The summed E-state index contributed by atoms with van der Waals surface area (Å²) in [4.78, 5) is 11.5. The van der Waals surface area contributed by atoms with Gasteiger partial charge in [-0.3, -0.25) is 4.79 Å². The highest BCUT2D eigenvalue weighted by Gasteiger charge is 2.37. The highest BCUT2D eigenvalue weighted by atomic mass is 32.2. The van der Waals surface area contributed by atoms with Crippen molar-refractivity contribution < 1.29 is 17.9 Å². The molecular formula is C12H17N3O4S. The Morgan fingerprint density at radius 2 is 2.15 bits per heavy atom. The molecule has 1 heterocycles. The first-order chi connectivity index (χ1) is 9.34. The molecule has 0 radical (unpaired) electrons. The third-order valence-corrected chi connectivity index (χ3v) is 5.26. The lowest BCUT2D eigenvalue weighted by Gasteiger charge is -2.32. The van der Waals surface area contributed by atoms with Crippen LogP contribution in [0.2, 0.25) is 0 Å². The van der Waals surface area contributed by atoms with Gasteiger partial charge in [0.1, 0.15) is 6.04 Å². The van der Waals surface area contributed by atoms with E-state index in [2.05, 4.69) is 0 Å². The number of nitrogen functional groups attached to an aromatic ring is 1. The first kappa shape index (κ1) is 14.8. The third kappa shape index (κ3) is 2.62. The average molecular weight is 299 g/mol. The van der Waals surface area contributed by atoms with E-state index in [1.807, 2.05) is 0 Å². The Kier molecular flexibility index (Phi) is 3.98. The summed E-state index contributed by atoms with van der Waals surface area (Å²) in [7, 11) is -3.84. The van der Waals surface area contributed by atoms with Crippen molar-refractivity contribution in [2.45, 2.75) is 17.9 Å². The lowest BCUT2D eigenvalue weighted by atomic mass is 10.2. The number of hydrogen-bond acceptors (Lipinski definition) is 5. The van der Waals surface area contributed by atoms with Crippen LogP contribution in [0.25, 0.3) is 0 Å². The lowest BCUT2D eigenvalue weighted by Crippen LogP contribution is -2.54. The Hall–Kier alpha value is -1.64. The summed E-state index contributed by atoms with van der Waals surface area (Å²) >= 11 is 0. The lowest BCUT2D eigenvalue weighted by molar-refractivity contribution is -0.125. The molecular weight excluding hydrogens is 282 g/mol. The molecule has 1 aliphatic heterocycles. The van der Waals surface area contributed by atoms with E-state index in [1.54, 1.807) is 19.1 Å². The highest BCUT2D eigenvalue weighted by molar-refractivity contribution is 7.89. The molecule has 1 aliphatic rings. The van der Waals surface area contributed by atoms with Gasteiger partial charge in [0.15, 0.2) is 0 Å². The molecule has 110 valence electrons. The number of carbonyl (C=O) groups excluding carboxylic acids is 1. The number of nitrogens with two attached hydrogens (primary N) is 2. The van der Waals surface area contributed by atoms with Gasteiger partial charge >= 0.3 is 0 Å². The Balaban J connectivity index is 2.47. The molecule has 0 aliphatic carbocycles. The van der Waals surface area contributed by atoms with E-state index >= 15 is 0 Å². The van der Waals surface area contributed by atoms with Crippen molar-refractivity contribution in [2.75, 3.05) is 25.5 Å². The zero-order chi connectivity index (χ0) is 14.9. The van der Waals surface area contributed by atoms with E-state index in [0.717, 1.165) is 4.31 Å². The van der Waals surface area contributed by atoms with Crippen molar-refractivity contribution in [3.63, 3.8) is 0 Å². The fraction of sp³-hybridized carbons (Fsp3) is 0.417. The standard InChI is InChI=1S/C12H17N3O4S/c1-8-2-3-9(13)6-11(8)20(17,18)15-4-5-19-7-10(15)12(14)16/h2-3,6,10H,4-5,7,13H2,1H3,(H2,14,16). The number of nitrogens with zero attached hydrogens (tertiary/aromatic N) is 1. The van der Waals surface area contributed by atoms with Crippen molar-refractivity contribution in [1.82, 2.24) is 4.31 Å². The van der Waals surface area contributed by atoms with Crippen molar-refractivity contribution in [3.8, 4) is 0 Å². The smallest absolute Gasteiger partial charge is 0.244 e. The fourth-order valence-corrected chi connectivity index (χ4v) is 3.95. The van der Waals surface area contributed by atoms with Crippen LogP contribution in [-0.4, -0.2) is 44.4 Å². The Bertz CT molecular complexity index is 630. The summed E-state index contributed by atoms with van der Waals surface area (Å²) in [6.45, 7) is 1.95. The second-order valence-corrected chi connectivity index (χ2v) is 6.49. The fourth-order valence-electron chi connectivity index (χ4n) is 2.12. The number of ether oxygens (including phenoxy) is 1. The molecule has 20 heavy (non-hydrogen) atoms. The van der Waals surface area contributed by atoms with Crippen molar-refractivity contribution in [3.05, 3.63) is 23.8 Å². The molecule has 0 spiro atoms. The molecule has 1 fully saturated rings. The number of benzene rings is 1. The maximum Gasteiger partial charge on any atom is 0.244 e. The number of anilines is 1. The van der Waals surface area contributed by atoms with Crippen LogP contribution in [0, 0.1) is 6.92 Å². The van der Waals surface area contributed by atoms with Crippen LogP contribution in [0.15, 0.2) is 23.1 Å². The first-order valence-electron chi connectivity index (χ1n) is 6.09. The van der Waals surface area contributed by atoms with Gasteiger partial charge in [0.05, 0.1) is 18.1 Å². The van der Waals surface area contributed by atoms with Gasteiger partial charge in [-0.2, -0.15) is 4.31 Å². The summed E-state index contributed by atoms with van der Waals surface area (Å²) in [6.07, 6.45) is 0. The minimum atomic E-state index is -3.84. The second kappa shape index (κ2) is 5.39. The van der Waals surface area contributed by atoms with Crippen LogP contribution in [0.5, 0.6) is 0 Å². The molecule has 1 amide bonds. The largest absolute Gasteiger partial charge is 0.399 e. The summed E-state index contributed by atoms with van der Waals surface area (Å²) in [6, 6.07) is 3.65. The molecule has 4 N–H and O–H groups in total. The predicted octanol–water partition coefficient (Wildman–Crippen LogP) is -0.548. The van der Waals surface area contributed by atoms with Crippen LogP contribution < -0.4 is 11.5 Å². The molecule has 1 unspecified atom stereocenters. The molecule has 1 saturated heterocycles. The Morgan fingerprint density at radius 3 is 2.80 bits per heavy atom. The van der Waals surface area contributed by atoms with Crippen LogP contribution in [0.3, 0.4) is 0 Å². The number of carbonyl (C=O) groups is 1. The number of morpholine rings is 1. The number of amides is 1. The quantitative estimate of drug-likeness (QED) is 0.727. The Morgan fingerprint density at radius 1 is 1.45 bits per heavy atom. The van der Waals surface area contributed by atoms with Gasteiger partial charge in [0, 0.05) is 12.2 Å². The molecule has 1 aromatic carbocycles. The molecule has 0 bridgehead atoms. The topological polar surface area (TPSA) is 116 Å². The van der Waals surface area contributed by atoms with E-state index < -0.39 is 22.0 Å². The molecule has 7 nitrogen and oxygen atoms in total. The molecule has 8 heteroatoms. The van der Waals surface area contributed by atoms with Gasteiger partial charge in [0.2, 0.25) is 15.9 Å². The van der Waals surface area contributed by atoms with E-state index in [4.69, 9.17) is 16.2 Å². The normalized spacial score (nSPS) is 20.8. The Labute approximate surface area is 117 Å². The highest BCUT2D eigenvalue weighted by Crippen LogP contribution is 2.25. The van der Waals surface area contributed by atoms with Crippen molar-refractivity contribution in [1.29, 1.82) is 0 Å². The minimum absolute atomic E-state index is 0.0318. The van der Waals surface area contributed by atoms with E-state index in [0.29, 0.717) is 11.3 Å². The third-order valence-electron chi connectivity index (χ3n) is 3.21. The van der Waals surface area contributed by atoms with Gasteiger partial charge in [-0.1, -0.05) is 6.07 Å². The number of rotatable bonds is 3. The SMILES string of the molecule is Cc1ccc(N)cc1S(=O)(=O)N1CCOCC1C(N)=O. The van der Waals surface area contributed by atoms with Gasteiger partial charge in [0.25, 0.3) is 0 Å². The zero-order valence-electron chi connectivity index (χ0n) is 11.1. The van der Waals surface area contributed by atoms with E-state index in [9.17, 15) is 13.2 Å². The average Bonchev–Trinajstić information content (AvgIpc) is 2.41. The number of sulfonamides is 1. The number of primary amides is 1. The minimum Gasteiger partial charge on any atom is -0.399 e. The van der Waals surface area contributed by atoms with Gasteiger partial charge in [-0.25, -0.2) is 8.42 Å². The molecule has 0 aromatic heterocycles. The van der Waals surface area contributed by atoms with Gasteiger partial charge in [-0.15, -0.1) is 0 Å². The van der Waals surface area contributed by atoms with Gasteiger partial charge in [-0.05, 0) is 24.6 Å². The van der Waals surface area contributed by atoms with Crippen LogP contribution in [0.1, 0.15) is 5.56 Å². The monoisotopic (exact) mass is 299 g/mol. The maximum atomic E-state index is 12.7. The predicted molar refractivity (Wildman–Crippen MR) is 73.3 cm³/mol. The van der Waals surface area contributed by atoms with Crippen LogP contribution in [0.4, 0.5) is 5.69 Å². The molecule has 1 atom stereocenters. The van der Waals surface area contributed by atoms with Crippen LogP contribution in [-0.2, 0) is 19.6 Å². The zero-order valence-corrected chi connectivity index (χ0v) is 11.9. The summed E-state index contributed by atoms with van der Waals surface area (Å²) in [5.41, 5.74) is 11.8. The summed E-state index contributed by atoms with van der Waals surface area (Å²) in [5.74, 6) is -0.727. The maximum absolute atomic E-state index is 12.7. The van der Waals surface area contributed by atoms with Crippen molar-refractivity contribution in [2.24, 2.45) is 5.73 Å².